The first-order valence-electron chi connectivity index (χ1n) is 9.40. The minimum Gasteiger partial charge on any atom is -0.383 e. The van der Waals surface area contributed by atoms with Crippen LogP contribution in [0, 0.1) is 12.8 Å². The molecule has 6 heteroatoms. The van der Waals surface area contributed by atoms with Crippen molar-refractivity contribution in [2.24, 2.45) is 5.92 Å². The fourth-order valence-electron chi connectivity index (χ4n) is 4.19. The van der Waals surface area contributed by atoms with E-state index in [4.69, 9.17) is 5.73 Å². The number of amides is 2. The van der Waals surface area contributed by atoms with Crippen LogP contribution >= 0.6 is 0 Å². The molecule has 0 spiro atoms. The third kappa shape index (κ3) is 4.11. The first-order valence-corrected chi connectivity index (χ1v) is 9.40. The van der Waals surface area contributed by atoms with E-state index in [0.29, 0.717) is 24.0 Å². The van der Waals surface area contributed by atoms with E-state index in [1.54, 1.807) is 6.07 Å². The fourth-order valence-corrected chi connectivity index (χ4v) is 4.19. The fraction of sp³-hybridized carbons (Fsp3) is 0.632. The van der Waals surface area contributed by atoms with Gasteiger partial charge in [0.1, 0.15) is 5.82 Å². The van der Waals surface area contributed by atoms with Crippen LogP contribution in [0.2, 0.25) is 0 Å². The maximum Gasteiger partial charge on any atom is 0.313 e. The molecule has 0 aromatic carbocycles. The average molecular weight is 344 g/mol. The van der Waals surface area contributed by atoms with Gasteiger partial charge in [-0.15, -0.1) is 0 Å². The van der Waals surface area contributed by atoms with Gasteiger partial charge >= 0.3 is 11.8 Å². The molecule has 2 aliphatic rings. The molecule has 1 saturated carbocycles. The zero-order valence-electron chi connectivity index (χ0n) is 15.0. The Kier molecular flexibility index (Phi) is 5.56. The molecule has 2 fully saturated rings. The molecular weight excluding hydrogens is 316 g/mol. The Balaban J connectivity index is 1.68. The topological polar surface area (TPSA) is 88.3 Å². The van der Waals surface area contributed by atoms with Crippen molar-refractivity contribution in [1.82, 2.24) is 9.88 Å². The molecule has 136 valence electrons. The highest BCUT2D eigenvalue weighted by Gasteiger charge is 2.35. The molecule has 0 radical (unpaired) electrons. The van der Waals surface area contributed by atoms with Crippen LogP contribution in [-0.4, -0.2) is 34.3 Å². The molecule has 1 atom stereocenters. The molecule has 1 aromatic rings. The number of hydrogen-bond acceptors (Lipinski definition) is 4. The summed E-state index contributed by atoms with van der Waals surface area (Å²) in [6, 6.07) is 1.96. The molecule has 0 bridgehead atoms. The molecule has 2 amide bonds. The Labute approximate surface area is 149 Å². The Hall–Kier alpha value is -2.11. The number of nitrogen functional groups attached to an aromatic ring is 1. The second kappa shape index (κ2) is 7.85. The van der Waals surface area contributed by atoms with Crippen LogP contribution in [0.5, 0.6) is 0 Å². The highest BCUT2D eigenvalue weighted by atomic mass is 16.2. The highest BCUT2D eigenvalue weighted by Crippen LogP contribution is 2.33. The molecule has 1 aromatic heterocycles. The van der Waals surface area contributed by atoms with E-state index >= 15 is 0 Å². The summed E-state index contributed by atoms with van der Waals surface area (Å²) in [5.41, 5.74) is 6.99. The molecule has 6 nitrogen and oxygen atoms in total. The molecule has 25 heavy (non-hydrogen) atoms. The number of nitrogens with two attached hydrogens (primary N) is 1. The second-order valence-electron chi connectivity index (χ2n) is 7.34. The monoisotopic (exact) mass is 344 g/mol. The van der Waals surface area contributed by atoms with Gasteiger partial charge in [0.15, 0.2) is 0 Å². The van der Waals surface area contributed by atoms with Crippen LogP contribution in [0.1, 0.15) is 56.9 Å². The largest absolute Gasteiger partial charge is 0.383 e. The zero-order valence-corrected chi connectivity index (χ0v) is 15.0. The van der Waals surface area contributed by atoms with Gasteiger partial charge in [0.2, 0.25) is 0 Å². The summed E-state index contributed by atoms with van der Waals surface area (Å²) in [7, 11) is 0. The van der Waals surface area contributed by atoms with Gasteiger partial charge in [0.25, 0.3) is 0 Å². The van der Waals surface area contributed by atoms with Gasteiger partial charge in [-0.1, -0.05) is 19.3 Å². The van der Waals surface area contributed by atoms with Crippen molar-refractivity contribution >= 4 is 23.3 Å². The second-order valence-corrected chi connectivity index (χ2v) is 7.34. The van der Waals surface area contributed by atoms with E-state index in [-0.39, 0.29) is 6.04 Å². The van der Waals surface area contributed by atoms with Gasteiger partial charge in [-0.3, -0.25) is 9.59 Å². The average Bonchev–Trinajstić information content (AvgIpc) is 2.65. The molecule has 1 saturated heterocycles. The van der Waals surface area contributed by atoms with E-state index in [2.05, 4.69) is 10.3 Å². The molecule has 3 rings (SSSR count). The van der Waals surface area contributed by atoms with Gasteiger partial charge in [-0.25, -0.2) is 4.98 Å². The maximum absolute atomic E-state index is 12.8. The van der Waals surface area contributed by atoms with Gasteiger partial charge in [0, 0.05) is 12.6 Å². The normalized spacial score (nSPS) is 21.8. The Morgan fingerprint density at radius 3 is 2.60 bits per heavy atom. The summed E-state index contributed by atoms with van der Waals surface area (Å²) in [6.45, 7) is 2.51. The number of anilines is 2. The van der Waals surface area contributed by atoms with Crippen LogP contribution < -0.4 is 11.1 Å². The van der Waals surface area contributed by atoms with Crippen LogP contribution in [0.3, 0.4) is 0 Å². The number of aryl methyl sites for hydroxylation is 1. The predicted octanol–water partition coefficient (Wildman–Crippen LogP) is 2.87. The van der Waals surface area contributed by atoms with Gasteiger partial charge in [-0.2, -0.15) is 0 Å². The minimum atomic E-state index is -0.575. The summed E-state index contributed by atoms with van der Waals surface area (Å²) in [5, 5.41) is 2.68. The van der Waals surface area contributed by atoms with Crippen LogP contribution in [0.25, 0.3) is 0 Å². The van der Waals surface area contributed by atoms with Crippen molar-refractivity contribution in [2.75, 3.05) is 17.6 Å². The lowest BCUT2D eigenvalue weighted by atomic mass is 9.80. The third-order valence-electron chi connectivity index (χ3n) is 5.57. The predicted molar refractivity (Wildman–Crippen MR) is 97.9 cm³/mol. The van der Waals surface area contributed by atoms with Crippen molar-refractivity contribution in [2.45, 2.75) is 64.3 Å². The van der Waals surface area contributed by atoms with E-state index in [1.165, 1.54) is 38.3 Å². The smallest absolute Gasteiger partial charge is 0.313 e. The summed E-state index contributed by atoms with van der Waals surface area (Å²) in [5.74, 6) is -0.0117. The van der Waals surface area contributed by atoms with Crippen molar-refractivity contribution in [3.8, 4) is 0 Å². The lowest BCUT2D eigenvalue weighted by Gasteiger charge is -2.41. The van der Waals surface area contributed by atoms with Crippen LogP contribution in [0.15, 0.2) is 12.3 Å². The van der Waals surface area contributed by atoms with Crippen molar-refractivity contribution < 1.29 is 9.59 Å². The first-order chi connectivity index (χ1) is 12.1. The third-order valence-corrected chi connectivity index (χ3v) is 5.57. The number of rotatable bonds is 2. The van der Waals surface area contributed by atoms with E-state index < -0.39 is 11.8 Å². The number of nitrogens with one attached hydrogen (secondary N) is 1. The Morgan fingerprint density at radius 1 is 1.16 bits per heavy atom. The molecule has 1 aliphatic heterocycles. The number of piperidine rings is 1. The number of aromatic nitrogens is 1. The Morgan fingerprint density at radius 2 is 1.88 bits per heavy atom. The molecule has 1 aliphatic carbocycles. The number of hydrogen-bond donors (Lipinski definition) is 2. The van der Waals surface area contributed by atoms with Crippen molar-refractivity contribution in [3.63, 3.8) is 0 Å². The maximum atomic E-state index is 12.8. The summed E-state index contributed by atoms with van der Waals surface area (Å²) in [4.78, 5) is 31.1. The van der Waals surface area contributed by atoms with Crippen LogP contribution in [-0.2, 0) is 9.59 Å². The van der Waals surface area contributed by atoms with E-state index in [9.17, 15) is 9.59 Å². The standard InChI is InChI=1S/C19H28N4O2/c1-13-11-15(12-21-17(13)20)22-18(24)19(25)23-10-6-5-9-16(23)14-7-3-2-4-8-14/h11-12,14,16H,2-10H2,1H3,(H2,20,21)(H,22,24)/t16-/m0/s1. The first kappa shape index (κ1) is 17.7. The highest BCUT2D eigenvalue weighted by molar-refractivity contribution is 6.39. The lowest BCUT2D eigenvalue weighted by molar-refractivity contribution is -0.147. The van der Waals surface area contributed by atoms with Gasteiger partial charge in [-0.05, 0) is 56.6 Å². The molecule has 2 heterocycles. The SMILES string of the molecule is Cc1cc(NC(=O)C(=O)N2CCCC[C@H]2C2CCCCC2)cnc1N. The number of likely N-dealkylation sites (tertiary alicyclic amines) is 1. The Bertz CT molecular complexity index is 640. The summed E-state index contributed by atoms with van der Waals surface area (Å²) in [6.07, 6.45) is 10.8. The number of carbonyl (C=O) groups is 2. The van der Waals surface area contributed by atoms with E-state index in [0.717, 1.165) is 24.8 Å². The lowest BCUT2D eigenvalue weighted by Crippen LogP contribution is -2.51. The quantitative estimate of drug-likeness (QED) is 0.808. The van der Waals surface area contributed by atoms with Gasteiger partial charge < -0.3 is 16.0 Å². The minimum absolute atomic E-state index is 0.221. The molecule has 3 N–H and O–H groups in total. The van der Waals surface area contributed by atoms with E-state index in [1.807, 2.05) is 11.8 Å². The van der Waals surface area contributed by atoms with Crippen LogP contribution in [0.4, 0.5) is 11.5 Å². The van der Waals surface area contributed by atoms with Crippen molar-refractivity contribution in [1.29, 1.82) is 0 Å². The molecule has 0 unspecified atom stereocenters. The summed E-state index contributed by atoms with van der Waals surface area (Å²) < 4.78 is 0. The zero-order chi connectivity index (χ0) is 17.8. The summed E-state index contributed by atoms with van der Waals surface area (Å²) >= 11 is 0. The number of carbonyl (C=O) groups excluding carboxylic acids is 2. The number of pyridine rings is 1. The number of nitrogens with zero attached hydrogens (tertiary/aromatic N) is 2. The van der Waals surface area contributed by atoms with Crippen molar-refractivity contribution in [3.05, 3.63) is 17.8 Å². The van der Waals surface area contributed by atoms with Gasteiger partial charge in [0.05, 0.1) is 11.9 Å². The molecular formula is C19H28N4O2.